The van der Waals surface area contributed by atoms with Crippen molar-refractivity contribution in [2.45, 2.75) is 45.6 Å². The summed E-state index contributed by atoms with van der Waals surface area (Å²) in [6.45, 7) is 4.63. The first-order valence-electron chi connectivity index (χ1n) is 6.86. The first-order chi connectivity index (χ1) is 8.96. The van der Waals surface area contributed by atoms with E-state index in [1.165, 1.54) is 25.0 Å². The van der Waals surface area contributed by atoms with Crippen molar-refractivity contribution < 1.29 is 4.39 Å². The number of benzene rings is 1. The van der Waals surface area contributed by atoms with E-state index in [2.05, 4.69) is 23.4 Å². The van der Waals surface area contributed by atoms with Gasteiger partial charge in [-0.1, -0.05) is 20.3 Å². The molecule has 1 aromatic carbocycles. The number of aromatic nitrogens is 2. The van der Waals surface area contributed by atoms with E-state index in [0.717, 1.165) is 23.9 Å². The predicted octanol–water partition coefficient (Wildman–Crippen LogP) is 4.98. The normalized spacial score (nSPS) is 22.8. The molecule has 1 N–H and O–H groups in total. The average molecular weight is 278 g/mol. The fourth-order valence-electron chi connectivity index (χ4n) is 3.34. The zero-order valence-electron chi connectivity index (χ0n) is 11.4. The van der Waals surface area contributed by atoms with E-state index in [-0.39, 0.29) is 5.82 Å². The number of nitrogens with one attached hydrogen (secondary N) is 1. The average Bonchev–Trinajstić information content (AvgIpc) is 2.62. The summed E-state index contributed by atoms with van der Waals surface area (Å²) in [5.41, 5.74) is 2.18. The van der Waals surface area contributed by atoms with Crippen LogP contribution in [-0.2, 0) is 0 Å². The number of hydrogen-bond donors (Lipinski definition) is 1. The van der Waals surface area contributed by atoms with Crippen molar-refractivity contribution in [3.8, 4) is 0 Å². The highest BCUT2D eigenvalue weighted by Gasteiger charge is 2.30. The molecule has 2 nitrogen and oxygen atoms in total. The second-order valence-electron chi connectivity index (χ2n) is 6.38. The fraction of sp³-hybridized carbons (Fsp3) is 0.533. The van der Waals surface area contributed by atoms with Crippen LogP contribution in [0.2, 0.25) is 0 Å². The van der Waals surface area contributed by atoms with E-state index in [1.54, 1.807) is 0 Å². The Morgan fingerprint density at radius 2 is 2.21 bits per heavy atom. The molecule has 4 heteroatoms. The van der Waals surface area contributed by atoms with Crippen LogP contribution in [0.1, 0.15) is 45.6 Å². The van der Waals surface area contributed by atoms with Crippen molar-refractivity contribution in [2.24, 2.45) is 5.41 Å². The van der Waals surface area contributed by atoms with Gasteiger partial charge >= 0.3 is 0 Å². The van der Waals surface area contributed by atoms with E-state index < -0.39 is 0 Å². The van der Waals surface area contributed by atoms with E-state index in [1.807, 2.05) is 6.07 Å². The Bertz CT molecular complexity index is 668. The Kier molecular flexibility index (Phi) is 3.01. The Morgan fingerprint density at radius 1 is 1.42 bits per heavy atom. The van der Waals surface area contributed by atoms with Crippen LogP contribution in [-0.4, -0.2) is 9.55 Å². The van der Waals surface area contributed by atoms with Crippen molar-refractivity contribution >= 4 is 23.3 Å². The van der Waals surface area contributed by atoms with Gasteiger partial charge in [-0.15, -0.1) is 0 Å². The van der Waals surface area contributed by atoms with Crippen molar-refractivity contribution in [3.63, 3.8) is 0 Å². The second kappa shape index (κ2) is 4.44. The zero-order chi connectivity index (χ0) is 13.6. The molecule has 0 amide bonds. The molecule has 0 aliphatic heterocycles. The van der Waals surface area contributed by atoms with Crippen LogP contribution < -0.4 is 0 Å². The molecule has 19 heavy (non-hydrogen) atoms. The van der Waals surface area contributed by atoms with Crippen LogP contribution >= 0.6 is 12.2 Å². The van der Waals surface area contributed by atoms with E-state index in [9.17, 15) is 4.39 Å². The molecule has 1 aromatic heterocycles. The third-order valence-electron chi connectivity index (χ3n) is 4.22. The molecule has 2 aromatic rings. The first kappa shape index (κ1) is 12.9. The summed E-state index contributed by atoms with van der Waals surface area (Å²) in [4.78, 5) is 3.13. The maximum Gasteiger partial charge on any atom is 0.178 e. The molecule has 1 fully saturated rings. The van der Waals surface area contributed by atoms with E-state index in [0.29, 0.717) is 16.2 Å². The smallest absolute Gasteiger partial charge is 0.178 e. The van der Waals surface area contributed by atoms with Gasteiger partial charge in [-0.3, -0.25) is 0 Å². The second-order valence-corrected chi connectivity index (χ2v) is 6.76. The summed E-state index contributed by atoms with van der Waals surface area (Å²) in [7, 11) is 0. The van der Waals surface area contributed by atoms with Crippen molar-refractivity contribution in [1.82, 2.24) is 9.55 Å². The molecule has 1 aliphatic carbocycles. The minimum absolute atomic E-state index is 0.222. The molecule has 1 aliphatic rings. The number of aromatic amines is 1. The summed E-state index contributed by atoms with van der Waals surface area (Å²) in [6.07, 6.45) is 4.79. The third kappa shape index (κ3) is 2.34. The lowest BCUT2D eigenvalue weighted by Crippen LogP contribution is -2.25. The molecular weight excluding hydrogens is 259 g/mol. The lowest BCUT2D eigenvalue weighted by Gasteiger charge is -2.36. The number of hydrogen-bond acceptors (Lipinski definition) is 1. The van der Waals surface area contributed by atoms with Gasteiger partial charge in [0.25, 0.3) is 0 Å². The Hall–Kier alpha value is -1.16. The van der Waals surface area contributed by atoms with E-state index >= 15 is 0 Å². The SMILES string of the molecule is CC1(C)CCCC(n2c(=S)[nH]c3cc(F)ccc32)C1. The van der Waals surface area contributed by atoms with Crippen LogP contribution in [0, 0.1) is 16.0 Å². The van der Waals surface area contributed by atoms with Crippen LogP contribution in [0.25, 0.3) is 11.0 Å². The molecule has 1 saturated carbocycles. The van der Waals surface area contributed by atoms with Gasteiger partial charge in [-0.25, -0.2) is 4.39 Å². The van der Waals surface area contributed by atoms with Crippen molar-refractivity contribution in [2.75, 3.05) is 0 Å². The number of fused-ring (bicyclic) bond motifs is 1. The minimum atomic E-state index is -0.222. The molecule has 1 unspecified atom stereocenters. The van der Waals surface area contributed by atoms with Crippen LogP contribution in [0.15, 0.2) is 18.2 Å². The Balaban J connectivity index is 2.09. The van der Waals surface area contributed by atoms with Crippen LogP contribution in [0.5, 0.6) is 0 Å². The molecule has 3 rings (SSSR count). The molecule has 0 spiro atoms. The van der Waals surface area contributed by atoms with Gasteiger partial charge < -0.3 is 9.55 Å². The van der Waals surface area contributed by atoms with Gasteiger partial charge in [0, 0.05) is 6.04 Å². The maximum atomic E-state index is 13.3. The number of imidazole rings is 1. The van der Waals surface area contributed by atoms with E-state index in [4.69, 9.17) is 12.2 Å². The van der Waals surface area contributed by atoms with Gasteiger partial charge in [0.15, 0.2) is 4.77 Å². The van der Waals surface area contributed by atoms with Gasteiger partial charge in [0.05, 0.1) is 11.0 Å². The quantitative estimate of drug-likeness (QED) is 0.730. The van der Waals surface area contributed by atoms with Gasteiger partial charge in [0.1, 0.15) is 5.82 Å². The van der Waals surface area contributed by atoms with Crippen molar-refractivity contribution in [1.29, 1.82) is 0 Å². The topological polar surface area (TPSA) is 20.7 Å². The lowest BCUT2D eigenvalue weighted by molar-refractivity contribution is 0.185. The monoisotopic (exact) mass is 278 g/mol. The largest absolute Gasteiger partial charge is 0.330 e. The van der Waals surface area contributed by atoms with Gasteiger partial charge in [-0.2, -0.15) is 0 Å². The van der Waals surface area contributed by atoms with Crippen molar-refractivity contribution in [3.05, 3.63) is 28.8 Å². The summed E-state index contributed by atoms with van der Waals surface area (Å²) in [6, 6.07) is 5.29. The molecule has 1 atom stereocenters. The number of H-pyrrole nitrogens is 1. The van der Waals surface area contributed by atoms with Crippen LogP contribution in [0.3, 0.4) is 0 Å². The molecular formula is C15H19FN2S. The highest BCUT2D eigenvalue weighted by Crippen LogP contribution is 2.42. The Morgan fingerprint density at radius 3 is 2.95 bits per heavy atom. The summed E-state index contributed by atoms with van der Waals surface area (Å²) < 4.78 is 16.2. The predicted molar refractivity (Wildman–Crippen MR) is 78.4 cm³/mol. The molecule has 0 bridgehead atoms. The number of halogens is 1. The first-order valence-corrected chi connectivity index (χ1v) is 7.27. The van der Waals surface area contributed by atoms with Gasteiger partial charge in [0.2, 0.25) is 0 Å². The maximum absolute atomic E-state index is 13.3. The zero-order valence-corrected chi connectivity index (χ0v) is 12.2. The molecule has 102 valence electrons. The Labute approximate surface area is 117 Å². The summed E-state index contributed by atoms with van der Waals surface area (Å²) >= 11 is 5.44. The highest BCUT2D eigenvalue weighted by molar-refractivity contribution is 7.71. The summed E-state index contributed by atoms with van der Waals surface area (Å²) in [5, 5.41) is 0. The third-order valence-corrected chi connectivity index (χ3v) is 4.52. The number of nitrogens with zero attached hydrogens (tertiary/aromatic N) is 1. The highest BCUT2D eigenvalue weighted by atomic mass is 32.1. The summed E-state index contributed by atoms with van der Waals surface area (Å²) in [5.74, 6) is -0.222. The molecule has 1 heterocycles. The minimum Gasteiger partial charge on any atom is -0.330 e. The fourth-order valence-corrected chi connectivity index (χ4v) is 3.70. The van der Waals surface area contributed by atoms with Gasteiger partial charge in [-0.05, 0) is 55.1 Å². The molecule has 0 saturated heterocycles. The number of rotatable bonds is 1. The standard InChI is InChI=1S/C15H19FN2S/c1-15(2)7-3-4-11(9-15)18-13-6-5-10(16)8-12(13)17-14(18)19/h5-6,8,11H,3-4,7,9H2,1-2H3,(H,17,19). The lowest BCUT2D eigenvalue weighted by atomic mass is 9.75. The molecule has 0 radical (unpaired) electrons. The van der Waals surface area contributed by atoms with Crippen LogP contribution in [0.4, 0.5) is 4.39 Å².